The van der Waals surface area contributed by atoms with Crippen LogP contribution >= 0.6 is 0 Å². The van der Waals surface area contributed by atoms with Gasteiger partial charge in [-0.05, 0) is 73.6 Å². The predicted molar refractivity (Wildman–Crippen MR) is 132 cm³/mol. The average Bonchev–Trinajstić information content (AvgIpc) is 2.85. The first-order valence-electron chi connectivity index (χ1n) is 11.2. The third-order valence-electron chi connectivity index (χ3n) is 5.79. The lowest BCUT2D eigenvalue weighted by atomic mass is 9.87. The molecule has 0 amide bonds. The van der Waals surface area contributed by atoms with Crippen LogP contribution in [0.25, 0.3) is 11.1 Å². The Kier molecular flexibility index (Phi) is 7.33. The van der Waals surface area contributed by atoms with Crippen molar-refractivity contribution in [2.45, 2.75) is 19.6 Å². The van der Waals surface area contributed by atoms with Crippen LogP contribution in [0.2, 0.25) is 0 Å². The lowest BCUT2D eigenvalue weighted by Crippen LogP contribution is -2.30. The second kappa shape index (κ2) is 10.6. The molecule has 1 aliphatic rings. The van der Waals surface area contributed by atoms with Crippen molar-refractivity contribution in [1.82, 2.24) is 4.90 Å². The summed E-state index contributed by atoms with van der Waals surface area (Å²) in [4.78, 5) is 2.04. The minimum atomic E-state index is -0.00399. The van der Waals surface area contributed by atoms with E-state index in [9.17, 15) is 0 Å². The number of hydrogen-bond donors (Lipinski definition) is 0. The number of ether oxygens (including phenoxy) is 4. The van der Waals surface area contributed by atoms with Crippen LogP contribution in [0.3, 0.4) is 0 Å². The van der Waals surface area contributed by atoms with Gasteiger partial charge in [-0.1, -0.05) is 42.5 Å². The molecule has 0 fully saturated rings. The Hall–Kier alpha value is -3.28. The Labute approximate surface area is 196 Å². The van der Waals surface area contributed by atoms with Crippen molar-refractivity contribution in [2.75, 3.05) is 34.6 Å². The molecule has 0 spiro atoms. The van der Waals surface area contributed by atoms with Crippen molar-refractivity contribution >= 4 is 11.1 Å². The van der Waals surface area contributed by atoms with E-state index < -0.39 is 0 Å². The van der Waals surface area contributed by atoms with Crippen molar-refractivity contribution in [1.29, 1.82) is 0 Å². The number of nitrogens with zero attached hydrogens (tertiary/aromatic N) is 1. The van der Waals surface area contributed by atoms with Crippen molar-refractivity contribution in [2.24, 2.45) is 0 Å². The van der Waals surface area contributed by atoms with E-state index in [4.69, 9.17) is 18.9 Å². The number of benzene rings is 3. The number of rotatable bonds is 8. The third kappa shape index (κ3) is 5.38. The molecule has 4 rings (SSSR count). The summed E-state index contributed by atoms with van der Waals surface area (Å²) in [6.45, 7) is 2.92. The van der Waals surface area contributed by atoms with E-state index in [-0.39, 0.29) is 13.0 Å². The Morgan fingerprint density at radius 3 is 2.18 bits per heavy atom. The highest BCUT2D eigenvalue weighted by atomic mass is 16.7. The van der Waals surface area contributed by atoms with Crippen LogP contribution in [0, 0.1) is 0 Å². The second-order valence-electron chi connectivity index (χ2n) is 8.23. The fraction of sp³-hybridized carbons (Fsp3) is 0.286. The third-order valence-corrected chi connectivity index (χ3v) is 5.79. The first-order valence-corrected chi connectivity index (χ1v) is 11.2. The van der Waals surface area contributed by atoms with Gasteiger partial charge in [0.15, 0.2) is 6.79 Å². The predicted octanol–water partition coefficient (Wildman–Crippen LogP) is 5.70. The standard InChI is InChI=1S/C28H31NO4/c1-20(29(2)3)33-24-15-11-22(12-16-24)28(21-9-13-23(14-10-21)32-19-30-4)26-17-18-31-27-8-6-5-7-25(26)27/h5-16,20H,17-19H2,1-4H3. The van der Waals surface area contributed by atoms with Gasteiger partial charge in [-0.25, -0.2) is 0 Å². The van der Waals surface area contributed by atoms with E-state index in [0.717, 1.165) is 40.4 Å². The van der Waals surface area contributed by atoms with Gasteiger partial charge in [0.2, 0.25) is 0 Å². The van der Waals surface area contributed by atoms with Gasteiger partial charge >= 0.3 is 0 Å². The van der Waals surface area contributed by atoms with Gasteiger partial charge in [-0.2, -0.15) is 0 Å². The molecule has 0 aliphatic carbocycles. The Bertz CT molecular complexity index is 1090. The van der Waals surface area contributed by atoms with Crippen LogP contribution in [-0.2, 0) is 4.74 Å². The van der Waals surface area contributed by atoms with Crippen LogP contribution in [0.5, 0.6) is 17.2 Å². The molecule has 3 aromatic carbocycles. The zero-order valence-electron chi connectivity index (χ0n) is 19.7. The van der Waals surface area contributed by atoms with Crippen LogP contribution in [0.1, 0.15) is 30.0 Å². The zero-order chi connectivity index (χ0) is 23.2. The summed E-state index contributed by atoms with van der Waals surface area (Å²) in [5.41, 5.74) is 5.87. The topological polar surface area (TPSA) is 40.2 Å². The maximum Gasteiger partial charge on any atom is 0.188 e. The maximum atomic E-state index is 6.03. The summed E-state index contributed by atoms with van der Waals surface area (Å²) >= 11 is 0. The Balaban J connectivity index is 1.76. The largest absolute Gasteiger partial charge is 0.493 e. The molecule has 33 heavy (non-hydrogen) atoms. The SMILES string of the molecule is COCOc1ccc(C(=C2CCOc3ccccc32)c2ccc(OC(C)N(C)C)cc2)cc1. The maximum absolute atomic E-state index is 6.03. The first-order chi connectivity index (χ1) is 16.1. The highest BCUT2D eigenvalue weighted by Crippen LogP contribution is 2.41. The molecular weight excluding hydrogens is 414 g/mol. The van der Waals surface area contributed by atoms with E-state index >= 15 is 0 Å². The molecular formula is C28H31NO4. The summed E-state index contributed by atoms with van der Waals surface area (Å²) in [6, 6.07) is 24.8. The summed E-state index contributed by atoms with van der Waals surface area (Å²) in [5, 5.41) is 0. The van der Waals surface area contributed by atoms with E-state index in [0.29, 0.717) is 6.61 Å². The molecule has 5 heteroatoms. The molecule has 1 unspecified atom stereocenters. The summed E-state index contributed by atoms with van der Waals surface area (Å²) in [5.74, 6) is 2.55. The van der Waals surface area contributed by atoms with E-state index in [1.54, 1.807) is 7.11 Å². The van der Waals surface area contributed by atoms with Crippen LogP contribution in [0.4, 0.5) is 0 Å². The smallest absolute Gasteiger partial charge is 0.188 e. The highest BCUT2D eigenvalue weighted by Gasteiger charge is 2.21. The summed E-state index contributed by atoms with van der Waals surface area (Å²) < 4.78 is 22.6. The Morgan fingerprint density at radius 2 is 1.55 bits per heavy atom. The molecule has 1 aliphatic heterocycles. The molecule has 172 valence electrons. The van der Waals surface area contributed by atoms with Gasteiger partial charge in [0.1, 0.15) is 23.5 Å². The quantitative estimate of drug-likeness (QED) is 0.416. The van der Waals surface area contributed by atoms with Gasteiger partial charge in [-0.3, -0.25) is 4.90 Å². The van der Waals surface area contributed by atoms with Crippen molar-refractivity contribution < 1.29 is 18.9 Å². The van der Waals surface area contributed by atoms with E-state index in [1.165, 1.54) is 11.1 Å². The number of hydrogen-bond acceptors (Lipinski definition) is 5. The van der Waals surface area contributed by atoms with Gasteiger partial charge in [0.25, 0.3) is 0 Å². The van der Waals surface area contributed by atoms with Gasteiger partial charge in [0, 0.05) is 19.1 Å². The number of methoxy groups -OCH3 is 1. The molecule has 0 N–H and O–H groups in total. The first kappa shape index (κ1) is 22.9. The fourth-order valence-electron chi connectivity index (χ4n) is 3.86. The molecule has 0 radical (unpaired) electrons. The van der Waals surface area contributed by atoms with Crippen LogP contribution in [0.15, 0.2) is 72.8 Å². The molecule has 0 aromatic heterocycles. The average molecular weight is 446 g/mol. The molecule has 0 saturated carbocycles. The van der Waals surface area contributed by atoms with Crippen molar-refractivity contribution in [3.63, 3.8) is 0 Å². The van der Waals surface area contributed by atoms with Crippen LogP contribution in [-0.4, -0.2) is 45.7 Å². The zero-order valence-corrected chi connectivity index (χ0v) is 19.7. The second-order valence-corrected chi connectivity index (χ2v) is 8.23. The monoisotopic (exact) mass is 445 g/mol. The van der Waals surface area contributed by atoms with Crippen LogP contribution < -0.4 is 14.2 Å². The fourth-order valence-corrected chi connectivity index (χ4v) is 3.86. The molecule has 1 heterocycles. The van der Waals surface area contributed by atoms with Crippen molar-refractivity contribution in [3.8, 4) is 17.2 Å². The molecule has 0 bridgehead atoms. The summed E-state index contributed by atoms with van der Waals surface area (Å²) in [6.07, 6.45) is 0.833. The lowest BCUT2D eigenvalue weighted by molar-refractivity contribution is 0.0511. The highest BCUT2D eigenvalue weighted by molar-refractivity contribution is 6.00. The summed E-state index contributed by atoms with van der Waals surface area (Å²) in [7, 11) is 5.63. The molecule has 5 nitrogen and oxygen atoms in total. The number of para-hydroxylation sites is 1. The minimum absolute atomic E-state index is 0.00399. The van der Waals surface area contributed by atoms with E-state index in [2.05, 4.69) is 36.4 Å². The van der Waals surface area contributed by atoms with Gasteiger partial charge < -0.3 is 18.9 Å². The van der Waals surface area contributed by atoms with Gasteiger partial charge in [-0.15, -0.1) is 0 Å². The van der Waals surface area contributed by atoms with Crippen molar-refractivity contribution in [3.05, 3.63) is 89.5 Å². The lowest BCUT2D eigenvalue weighted by Gasteiger charge is -2.24. The minimum Gasteiger partial charge on any atom is -0.493 e. The number of fused-ring (bicyclic) bond motifs is 1. The van der Waals surface area contributed by atoms with E-state index in [1.807, 2.05) is 62.3 Å². The molecule has 0 saturated heterocycles. The molecule has 3 aromatic rings. The Morgan fingerprint density at radius 1 is 0.909 bits per heavy atom. The van der Waals surface area contributed by atoms with Gasteiger partial charge in [0.05, 0.1) is 6.61 Å². The molecule has 1 atom stereocenters. The normalized spacial score (nSPS) is 15.4.